The third-order valence-electron chi connectivity index (χ3n) is 8.48. The summed E-state index contributed by atoms with van der Waals surface area (Å²) in [6.07, 6.45) is -2.19. The number of carbonyl (C=O) groups excluding carboxylic acids is 3. The van der Waals surface area contributed by atoms with Gasteiger partial charge in [-0.25, -0.2) is 0 Å². The van der Waals surface area contributed by atoms with Crippen LogP contribution in [-0.2, 0) is 33.3 Å². The minimum atomic E-state index is -1.65. The average molecular weight is 533 g/mol. The number of ether oxygens (including phenoxy) is 4. The van der Waals surface area contributed by atoms with Gasteiger partial charge in [-0.05, 0) is 44.9 Å². The average Bonchev–Trinajstić information content (AvgIpc) is 3.12. The topological polar surface area (TPSA) is 129 Å². The van der Waals surface area contributed by atoms with E-state index in [4.69, 9.17) is 30.5 Å². The second-order valence-corrected chi connectivity index (χ2v) is 11.9. The van der Waals surface area contributed by atoms with Crippen molar-refractivity contribution < 1.29 is 43.5 Å². The zero-order valence-corrected chi connectivity index (χ0v) is 23.0. The van der Waals surface area contributed by atoms with Gasteiger partial charge in [0.15, 0.2) is 0 Å². The van der Waals surface area contributed by atoms with Gasteiger partial charge in [-0.1, -0.05) is 13.8 Å². The van der Waals surface area contributed by atoms with Crippen molar-refractivity contribution in [3.8, 4) is 0 Å². The number of aliphatic hydroxyl groups is 2. The maximum atomic E-state index is 12.3. The molecule has 0 amide bonds. The monoisotopic (exact) mass is 532 g/mol. The highest BCUT2D eigenvalue weighted by atomic mass is 35.5. The second kappa shape index (κ2) is 10.4. The maximum absolute atomic E-state index is 12.3. The summed E-state index contributed by atoms with van der Waals surface area (Å²) >= 11 is 6.41. The summed E-state index contributed by atoms with van der Waals surface area (Å²) in [5, 5.41) is 23.6. The van der Waals surface area contributed by atoms with E-state index < -0.39 is 65.0 Å². The van der Waals surface area contributed by atoms with Crippen molar-refractivity contribution in [2.24, 2.45) is 23.7 Å². The number of rotatable bonds is 5. The Kier molecular flexibility index (Phi) is 8.41. The van der Waals surface area contributed by atoms with Crippen LogP contribution < -0.4 is 0 Å². The van der Waals surface area contributed by atoms with Gasteiger partial charge in [-0.2, -0.15) is 0 Å². The first-order valence-electron chi connectivity index (χ1n) is 12.8. The van der Waals surface area contributed by atoms with Crippen LogP contribution in [-0.4, -0.2) is 75.2 Å². The van der Waals surface area contributed by atoms with Gasteiger partial charge in [-0.3, -0.25) is 14.4 Å². The lowest BCUT2D eigenvalue weighted by molar-refractivity contribution is -0.201. The summed E-state index contributed by atoms with van der Waals surface area (Å²) in [5.41, 5.74) is -4.28. The number of fused-ring (bicyclic) bond motifs is 5. The van der Waals surface area contributed by atoms with Crippen LogP contribution in [0.3, 0.4) is 0 Å². The quantitative estimate of drug-likeness (QED) is 0.312. The highest BCUT2D eigenvalue weighted by Gasteiger charge is 2.68. The van der Waals surface area contributed by atoms with E-state index in [-0.39, 0.29) is 42.9 Å². The Morgan fingerprint density at radius 2 is 1.61 bits per heavy atom. The molecule has 3 fully saturated rings. The van der Waals surface area contributed by atoms with E-state index in [0.717, 1.165) is 0 Å². The molecule has 3 rings (SSSR count). The number of halogens is 1. The number of esters is 3. The fourth-order valence-corrected chi connectivity index (χ4v) is 7.32. The van der Waals surface area contributed by atoms with Crippen molar-refractivity contribution in [2.75, 3.05) is 5.88 Å². The van der Waals surface area contributed by atoms with E-state index in [0.29, 0.717) is 6.42 Å². The van der Waals surface area contributed by atoms with Gasteiger partial charge in [-0.15, -0.1) is 11.6 Å². The summed E-state index contributed by atoms with van der Waals surface area (Å²) in [7, 11) is 0. The van der Waals surface area contributed by atoms with Crippen LogP contribution in [0.1, 0.15) is 74.1 Å². The molecule has 36 heavy (non-hydrogen) atoms. The first kappa shape index (κ1) is 29.1. The van der Waals surface area contributed by atoms with E-state index in [1.54, 1.807) is 13.8 Å². The minimum Gasteiger partial charge on any atom is -0.460 e. The molecule has 1 aliphatic carbocycles. The minimum absolute atomic E-state index is 0.0373. The summed E-state index contributed by atoms with van der Waals surface area (Å²) < 4.78 is 23.7. The Morgan fingerprint density at radius 3 is 2.11 bits per heavy atom. The zero-order chi connectivity index (χ0) is 27.2. The molecular weight excluding hydrogens is 492 g/mol. The molecule has 10 heteroatoms. The van der Waals surface area contributed by atoms with E-state index in [2.05, 4.69) is 13.8 Å². The number of alkyl halides is 1. The normalized spacial score (nSPS) is 44.6. The van der Waals surface area contributed by atoms with Crippen molar-refractivity contribution in [1.29, 1.82) is 0 Å². The lowest BCUT2D eigenvalue weighted by Gasteiger charge is -2.53. The van der Waals surface area contributed by atoms with Crippen LogP contribution in [0.15, 0.2) is 0 Å². The van der Waals surface area contributed by atoms with Crippen molar-refractivity contribution in [2.45, 2.75) is 115 Å². The molecule has 0 radical (unpaired) electrons. The third-order valence-corrected chi connectivity index (χ3v) is 8.91. The van der Waals surface area contributed by atoms with Crippen molar-refractivity contribution in [1.82, 2.24) is 0 Å². The van der Waals surface area contributed by atoms with Crippen LogP contribution in [0, 0.1) is 23.7 Å². The molecule has 9 nitrogen and oxygen atoms in total. The molecule has 1 saturated carbocycles. The molecule has 2 aliphatic heterocycles. The SMILES string of the molecule is CC(=O)OC1CCC(C)(OC(C)=O)C2OC(CC1(C)O)C1C2C(C(C)C)CC(OC(C)=O)C1(O)CCl. The van der Waals surface area contributed by atoms with Gasteiger partial charge in [0.2, 0.25) is 0 Å². The van der Waals surface area contributed by atoms with Gasteiger partial charge >= 0.3 is 17.9 Å². The molecule has 2 saturated heterocycles. The summed E-state index contributed by atoms with van der Waals surface area (Å²) in [5.74, 6) is -2.63. The highest BCUT2D eigenvalue weighted by molar-refractivity contribution is 6.18. The van der Waals surface area contributed by atoms with Crippen LogP contribution in [0.4, 0.5) is 0 Å². The van der Waals surface area contributed by atoms with Crippen LogP contribution >= 0.6 is 11.6 Å². The maximum Gasteiger partial charge on any atom is 0.303 e. The predicted octanol–water partition coefficient (Wildman–Crippen LogP) is 2.75. The molecule has 0 aromatic rings. The molecule has 2 bridgehead atoms. The van der Waals surface area contributed by atoms with Crippen LogP contribution in [0.25, 0.3) is 0 Å². The molecule has 10 atom stereocenters. The molecular formula is C26H41ClO9. The predicted molar refractivity (Wildman–Crippen MR) is 130 cm³/mol. The molecule has 0 aromatic carbocycles. The lowest BCUT2D eigenvalue weighted by atomic mass is 9.56. The van der Waals surface area contributed by atoms with E-state index in [9.17, 15) is 24.6 Å². The molecule has 0 spiro atoms. The van der Waals surface area contributed by atoms with Gasteiger partial charge in [0, 0.05) is 39.0 Å². The van der Waals surface area contributed by atoms with E-state index in [1.807, 2.05) is 0 Å². The van der Waals surface area contributed by atoms with Gasteiger partial charge in [0.25, 0.3) is 0 Å². The highest BCUT2D eigenvalue weighted by Crippen LogP contribution is 2.58. The summed E-state index contributed by atoms with van der Waals surface area (Å²) in [6.45, 7) is 11.4. The molecule has 2 heterocycles. The van der Waals surface area contributed by atoms with E-state index >= 15 is 0 Å². The molecule has 2 N–H and O–H groups in total. The smallest absolute Gasteiger partial charge is 0.303 e. The first-order chi connectivity index (χ1) is 16.6. The third kappa shape index (κ3) is 5.40. The Balaban J connectivity index is 2.19. The fraction of sp³-hybridized carbons (Fsp3) is 0.885. The lowest BCUT2D eigenvalue weighted by Crippen LogP contribution is -2.64. The number of hydrogen-bond donors (Lipinski definition) is 2. The summed E-state index contributed by atoms with van der Waals surface area (Å²) in [6, 6.07) is 0. The fourth-order valence-electron chi connectivity index (χ4n) is 6.97. The number of carbonyl (C=O) groups is 3. The first-order valence-corrected chi connectivity index (χ1v) is 13.3. The zero-order valence-electron chi connectivity index (χ0n) is 22.3. The second-order valence-electron chi connectivity index (χ2n) is 11.7. The Bertz CT molecular complexity index is 860. The van der Waals surface area contributed by atoms with Crippen LogP contribution in [0.2, 0.25) is 0 Å². The van der Waals surface area contributed by atoms with Gasteiger partial charge in [0.05, 0.1) is 12.0 Å². The van der Waals surface area contributed by atoms with Gasteiger partial charge in [0.1, 0.15) is 35.1 Å². The Hall–Kier alpha value is -1.42. The van der Waals surface area contributed by atoms with E-state index in [1.165, 1.54) is 20.8 Å². The Morgan fingerprint density at radius 1 is 1.03 bits per heavy atom. The summed E-state index contributed by atoms with van der Waals surface area (Å²) in [4.78, 5) is 36.1. The van der Waals surface area contributed by atoms with Crippen molar-refractivity contribution >= 4 is 29.5 Å². The molecule has 206 valence electrons. The van der Waals surface area contributed by atoms with Crippen molar-refractivity contribution in [3.05, 3.63) is 0 Å². The Labute approximate surface area is 218 Å². The van der Waals surface area contributed by atoms with Crippen molar-refractivity contribution in [3.63, 3.8) is 0 Å². The molecule has 3 aliphatic rings. The molecule has 0 aromatic heterocycles. The standard InChI is InChI=1S/C26H41ClO9/c1-13(2)17-10-20(34-15(4)29)26(32,12-27)22-18-11-24(6,31)19(33-14(3)28)8-9-25(7,36-16(5)30)23(35-18)21(17)22/h13,17-23,31-32H,8-12H2,1-7H3. The van der Waals surface area contributed by atoms with Gasteiger partial charge < -0.3 is 29.2 Å². The molecule has 10 unspecified atom stereocenters. The number of hydrogen-bond acceptors (Lipinski definition) is 9. The van der Waals surface area contributed by atoms with Crippen LogP contribution in [0.5, 0.6) is 0 Å². The largest absolute Gasteiger partial charge is 0.460 e.